The molecule has 0 unspecified atom stereocenters. The van der Waals surface area contributed by atoms with Crippen molar-refractivity contribution in [3.8, 4) is 5.88 Å². The van der Waals surface area contributed by atoms with Crippen LogP contribution >= 0.6 is 0 Å². The zero-order valence-corrected chi connectivity index (χ0v) is 11.2. The van der Waals surface area contributed by atoms with Crippen LogP contribution in [-0.2, 0) is 10.5 Å². The van der Waals surface area contributed by atoms with Crippen molar-refractivity contribution in [1.29, 1.82) is 0 Å². The van der Waals surface area contributed by atoms with Gasteiger partial charge in [0.2, 0.25) is 17.6 Å². The first kappa shape index (κ1) is 13.9. The van der Waals surface area contributed by atoms with Gasteiger partial charge >= 0.3 is 0 Å². The summed E-state index contributed by atoms with van der Waals surface area (Å²) in [6.45, 7) is -0.607. The molecule has 10 nitrogen and oxygen atoms in total. The van der Waals surface area contributed by atoms with Crippen molar-refractivity contribution in [1.82, 2.24) is 19.5 Å². The number of nitrogen functional groups attached to an aromatic ring is 1. The fourth-order valence-corrected chi connectivity index (χ4v) is 2.46. The highest BCUT2D eigenvalue weighted by Gasteiger charge is 2.52. The van der Waals surface area contributed by atoms with Gasteiger partial charge in [0.15, 0.2) is 11.2 Å². The van der Waals surface area contributed by atoms with Crippen LogP contribution < -0.4 is 10.5 Å². The van der Waals surface area contributed by atoms with Gasteiger partial charge in [-0.3, -0.25) is 4.57 Å². The lowest BCUT2D eigenvalue weighted by atomic mass is 10.0. The number of anilines is 1. The summed E-state index contributed by atoms with van der Waals surface area (Å²) in [6.07, 6.45) is -1.01. The lowest BCUT2D eigenvalue weighted by molar-refractivity contribution is -0.148. The molecule has 114 valence electrons. The van der Waals surface area contributed by atoms with Gasteiger partial charge in [-0.15, -0.1) is 0 Å². The van der Waals surface area contributed by atoms with Gasteiger partial charge in [0.05, 0.1) is 26.7 Å². The van der Waals surface area contributed by atoms with E-state index in [0.717, 1.165) is 0 Å². The van der Waals surface area contributed by atoms with Crippen LogP contribution in [0.5, 0.6) is 5.88 Å². The largest absolute Gasteiger partial charge is 0.479 e. The minimum absolute atomic E-state index is 0.0707. The summed E-state index contributed by atoms with van der Waals surface area (Å²) in [5.41, 5.74) is 4.14. The van der Waals surface area contributed by atoms with Crippen molar-refractivity contribution in [3.63, 3.8) is 0 Å². The van der Waals surface area contributed by atoms with Gasteiger partial charge in [-0.05, 0) is 0 Å². The van der Waals surface area contributed by atoms with Crippen LogP contribution in [-0.4, -0.2) is 67.4 Å². The summed E-state index contributed by atoms with van der Waals surface area (Å²) in [4.78, 5) is 12.0. The molecule has 0 spiro atoms. The van der Waals surface area contributed by atoms with Gasteiger partial charge in [-0.2, -0.15) is 9.97 Å². The molecule has 0 amide bonds. The first-order valence-corrected chi connectivity index (χ1v) is 6.20. The van der Waals surface area contributed by atoms with E-state index in [0.29, 0.717) is 0 Å². The van der Waals surface area contributed by atoms with E-state index in [9.17, 15) is 15.3 Å². The van der Waals surface area contributed by atoms with Gasteiger partial charge in [-0.1, -0.05) is 0 Å². The predicted molar refractivity (Wildman–Crippen MR) is 69.3 cm³/mol. The smallest absolute Gasteiger partial charge is 0.246 e. The highest BCUT2D eigenvalue weighted by molar-refractivity contribution is 5.77. The molecule has 1 fully saturated rings. The van der Waals surface area contributed by atoms with Crippen LogP contribution in [0, 0.1) is 0 Å². The summed E-state index contributed by atoms with van der Waals surface area (Å²) >= 11 is 0. The Morgan fingerprint density at radius 3 is 3.00 bits per heavy atom. The van der Waals surface area contributed by atoms with Crippen LogP contribution in [0.1, 0.15) is 0 Å². The van der Waals surface area contributed by atoms with E-state index >= 15 is 0 Å². The first-order chi connectivity index (χ1) is 10.0. The van der Waals surface area contributed by atoms with Crippen molar-refractivity contribution >= 4 is 17.1 Å². The number of rotatable bonds is 3. The van der Waals surface area contributed by atoms with Gasteiger partial charge < -0.3 is 30.5 Å². The third-order valence-electron chi connectivity index (χ3n) is 3.55. The Morgan fingerprint density at radius 1 is 1.57 bits per heavy atom. The molecule has 0 saturated carbocycles. The molecule has 3 heterocycles. The Hall–Kier alpha value is -2.01. The monoisotopic (exact) mass is 297 g/mol. The summed E-state index contributed by atoms with van der Waals surface area (Å²) in [5.74, 6) is 0.0763. The minimum atomic E-state index is -1.91. The molecule has 1 saturated heterocycles. The number of methoxy groups -OCH3 is 1. The standard InChI is InChI=1S/C11H15N5O5/c1-20-9-7-8(14-10(12)15-9)16(4-13-7)11(19)5(18)3-21-6(11)2-17/h4-6,17-19H,2-3H2,1H3,(H2,12,14,15)/t5-,6-,11-/m1/s1. The fourth-order valence-electron chi connectivity index (χ4n) is 2.46. The molecule has 2 aromatic heterocycles. The molecule has 5 N–H and O–H groups in total. The summed E-state index contributed by atoms with van der Waals surface area (Å²) < 4.78 is 11.5. The second-order valence-electron chi connectivity index (χ2n) is 4.68. The maximum atomic E-state index is 10.8. The number of aliphatic hydroxyl groups is 3. The van der Waals surface area contributed by atoms with Gasteiger partial charge in [0, 0.05) is 0 Å². The van der Waals surface area contributed by atoms with Gasteiger partial charge in [0.1, 0.15) is 12.2 Å². The maximum absolute atomic E-state index is 10.8. The Kier molecular flexibility index (Phi) is 3.17. The van der Waals surface area contributed by atoms with Crippen molar-refractivity contribution in [2.45, 2.75) is 17.9 Å². The Morgan fingerprint density at radius 2 is 2.33 bits per heavy atom. The van der Waals surface area contributed by atoms with E-state index in [1.165, 1.54) is 18.0 Å². The van der Waals surface area contributed by atoms with Gasteiger partial charge in [0.25, 0.3) is 0 Å². The summed E-state index contributed by atoms with van der Waals surface area (Å²) in [5, 5.41) is 30.1. The molecule has 10 heteroatoms. The molecule has 1 aliphatic rings. The van der Waals surface area contributed by atoms with Crippen LogP contribution in [0.4, 0.5) is 5.95 Å². The second kappa shape index (κ2) is 4.77. The number of ether oxygens (including phenoxy) is 2. The molecule has 0 bridgehead atoms. The van der Waals surface area contributed by atoms with Crippen molar-refractivity contribution < 1.29 is 24.8 Å². The van der Waals surface area contributed by atoms with Crippen LogP contribution in [0.15, 0.2) is 6.33 Å². The highest BCUT2D eigenvalue weighted by Crippen LogP contribution is 2.34. The molecule has 1 aliphatic heterocycles. The Balaban J connectivity index is 2.23. The van der Waals surface area contributed by atoms with Crippen LogP contribution in [0.25, 0.3) is 11.2 Å². The lowest BCUT2D eigenvalue weighted by Crippen LogP contribution is -2.50. The second-order valence-corrected chi connectivity index (χ2v) is 4.68. The highest BCUT2D eigenvalue weighted by atomic mass is 16.6. The minimum Gasteiger partial charge on any atom is -0.479 e. The summed E-state index contributed by atoms with van der Waals surface area (Å²) in [6, 6.07) is 0. The average Bonchev–Trinajstić information content (AvgIpc) is 3.01. The molecule has 3 atom stereocenters. The molecule has 2 aromatic rings. The number of nitrogens with two attached hydrogens (primary N) is 1. The van der Waals surface area contributed by atoms with E-state index in [1.54, 1.807) is 0 Å². The topological polar surface area (TPSA) is 149 Å². The molecule has 0 radical (unpaired) electrons. The Labute approximate surface area is 118 Å². The zero-order chi connectivity index (χ0) is 15.2. The molecular formula is C11H15N5O5. The predicted octanol–water partition coefficient (Wildman–Crippen LogP) is -2.19. The van der Waals surface area contributed by atoms with Crippen molar-refractivity contribution in [2.75, 3.05) is 26.1 Å². The third kappa shape index (κ3) is 1.84. The maximum Gasteiger partial charge on any atom is 0.246 e. The molecule has 0 aliphatic carbocycles. The first-order valence-electron chi connectivity index (χ1n) is 6.20. The van der Waals surface area contributed by atoms with Crippen molar-refractivity contribution in [3.05, 3.63) is 6.33 Å². The normalized spacial score (nSPS) is 29.1. The van der Waals surface area contributed by atoms with E-state index in [2.05, 4.69) is 15.0 Å². The quantitative estimate of drug-likeness (QED) is 0.495. The number of nitrogens with zero attached hydrogens (tertiary/aromatic N) is 4. The Bertz CT molecular complexity index is 676. The summed E-state index contributed by atoms with van der Waals surface area (Å²) in [7, 11) is 1.40. The SMILES string of the molecule is COc1nc(N)nc2c1ncn2[C@@]1(O)[C@H](O)CO[C@@H]1CO. The van der Waals surface area contributed by atoms with Crippen LogP contribution in [0.2, 0.25) is 0 Å². The number of hydrogen-bond acceptors (Lipinski definition) is 9. The molecule has 0 aromatic carbocycles. The zero-order valence-electron chi connectivity index (χ0n) is 11.2. The van der Waals surface area contributed by atoms with Gasteiger partial charge in [-0.25, -0.2) is 4.98 Å². The lowest BCUT2D eigenvalue weighted by Gasteiger charge is -2.31. The van der Waals surface area contributed by atoms with E-state index in [4.69, 9.17) is 15.2 Å². The third-order valence-corrected chi connectivity index (χ3v) is 3.55. The number of hydrogen-bond donors (Lipinski definition) is 4. The fraction of sp³-hybridized carbons (Fsp3) is 0.545. The van der Waals surface area contributed by atoms with Crippen LogP contribution in [0.3, 0.4) is 0 Å². The number of fused-ring (bicyclic) bond motifs is 1. The molecule has 21 heavy (non-hydrogen) atoms. The van der Waals surface area contributed by atoms with E-state index in [1.807, 2.05) is 0 Å². The average molecular weight is 297 g/mol. The number of imidazole rings is 1. The van der Waals surface area contributed by atoms with Crippen molar-refractivity contribution in [2.24, 2.45) is 0 Å². The number of aromatic nitrogens is 4. The number of aliphatic hydroxyl groups excluding tert-OH is 2. The molecular weight excluding hydrogens is 282 g/mol. The van der Waals surface area contributed by atoms with E-state index in [-0.39, 0.29) is 29.6 Å². The molecule has 3 rings (SSSR count). The van der Waals surface area contributed by atoms with E-state index < -0.39 is 24.5 Å².